The van der Waals surface area contributed by atoms with Crippen molar-refractivity contribution in [3.63, 3.8) is 0 Å². The first kappa shape index (κ1) is 12.9. The monoisotopic (exact) mass is 277 g/mol. The molecule has 0 aliphatic carbocycles. The molecule has 0 aliphatic heterocycles. The second-order valence-electron chi connectivity index (χ2n) is 3.73. The third-order valence-electron chi connectivity index (χ3n) is 2.36. The van der Waals surface area contributed by atoms with Crippen LogP contribution in [0.25, 0.3) is 0 Å². The van der Waals surface area contributed by atoms with Gasteiger partial charge in [-0.05, 0) is 11.4 Å². The average Bonchev–Trinajstić information content (AvgIpc) is 2.88. The summed E-state index contributed by atoms with van der Waals surface area (Å²) in [6.07, 6.45) is -5.53. The summed E-state index contributed by atoms with van der Waals surface area (Å²) < 4.78 is 37.6. The molecule has 0 radical (unpaired) electrons. The number of thiophene rings is 1. The molecule has 0 saturated carbocycles. The lowest BCUT2D eigenvalue weighted by molar-refractivity contribution is -0.134. The van der Waals surface area contributed by atoms with E-state index in [-0.39, 0.29) is 18.8 Å². The number of nitrogens with zero attached hydrogens (tertiary/aromatic N) is 2. The maximum Gasteiger partial charge on any atom is 0.389 e. The molecule has 0 bridgehead atoms. The van der Waals surface area contributed by atoms with E-state index in [9.17, 15) is 18.0 Å². The lowest BCUT2D eigenvalue weighted by atomic mass is 10.3. The van der Waals surface area contributed by atoms with Crippen molar-refractivity contribution in [2.24, 2.45) is 0 Å². The molecule has 2 aromatic rings. The van der Waals surface area contributed by atoms with Crippen molar-refractivity contribution in [3.05, 3.63) is 38.7 Å². The van der Waals surface area contributed by atoms with E-state index in [0.717, 1.165) is 4.88 Å². The highest BCUT2D eigenvalue weighted by atomic mass is 32.1. The zero-order valence-corrected chi connectivity index (χ0v) is 10.0. The Morgan fingerprint density at radius 1 is 1.44 bits per heavy atom. The maximum atomic E-state index is 12.1. The summed E-state index contributed by atoms with van der Waals surface area (Å²) in [5, 5.41) is 7.65. The zero-order valence-electron chi connectivity index (χ0n) is 9.20. The van der Waals surface area contributed by atoms with Crippen LogP contribution in [-0.2, 0) is 13.0 Å². The van der Waals surface area contributed by atoms with Crippen molar-refractivity contribution < 1.29 is 13.2 Å². The van der Waals surface area contributed by atoms with Gasteiger partial charge in [-0.25, -0.2) is 9.89 Å². The van der Waals surface area contributed by atoms with Gasteiger partial charge in [-0.15, -0.1) is 11.3 Å². The van der Waals surface area contributed by atoms with Crippen LogP contribution < -0.4 is 5.69 Å². The summed E-state index contributed by atoms with van der Waals surface area (Å²) >= 11 is 1.44. The molecule has 8 heteroatoms. The topological polar surface area (TPSA) is 50.7 Å². The first-order valence-corrected chi connectivity index (χ1v) is 6.07. The number of halogens is 3. The number of nitrogens with one attached hydrogen (secondary N) is 1. The first-order valence-electron chi connectivity index (χ1n) is 5.19. The highest BCUT2D eigenvalue weighted by Crippen LogP contribution is 2.21. The second-order valence-corrected chi connectivity index (χ2v) is 4.76. The minimum Gasteiger partial charge on any atom is -0.274 e. The fourth-order valence-electron chi connectivity index (χ4n) is 1.52. The molecule has 2 aromatic heterocycles. The van der Waals surface area contributed by atoms with Crippen LogP contribution in [-0.4, -0.2) is 20.9 Å². The lowest BCUT2D eigenvalue weighted by Crippen LogP contribution is -2.20. The molecule has 1 N–H and O–H groups in total. The number of alkyl halides is 3. The summed E-state index contributed by atoms with van der Waals surface area (Å²) in [6.45, 7) is 0.250. The van der Waals surface area contributed by atoms with Gasteiger partial charge in [-0.2, -0.15) is 18.3 Å². The van der Waals surface area contributed by atoms with Crippen molar-refractivity contribution in [1.82, 2.24) is 14.8 Å². The van der Waals surface area contributed by atoms with Crippen LogP contribution in [0.3, 0.4) is 0 Å². The van der Waals surface area contributed by atoms with E-state index in [4.69, 9.17) is 0 Å². The van der Waals surface area contributed by atoms with Crippen LogP contribution in [0.1, 0.15) is 17.1 Å². The molecule has 0 fully saturated rings. The third kappa shape index (κ3) is 3.22. The van der Waals surface area contributed by atoms with Crippen molar-refractivity contribution in [3.8, 4) is 0 Å². The normalized spacial score (nSPS) is 11.9. The van der Waals surface area contributed by atoms with Gasteiger partial charge in [-0.3, -0.25) is 4.57 Å². The van der Waals surface area contributed by atoms with Gasteiger partial charge in [0.15, 0.2) is 0 Å². The average molecular weight is 277 g/mol. The van der Waals surface area contributed by atoms with E-state index in [2.05, 4.69) is 10.2 Å². The molecule has 0 atom stereocenters. The first-order chi connectivity index (χ1) is 8.46. The molecule has 98 valence electrons. The number of H-pyrrole nitrogens is 1. The van der Waals surface area contributed by atoms with Gasteiger partial charge in [0, 0.05) is 11.3 Å². The SMILES string of the molecule is O=c1[nH]nc(CCC(F)(F)F)n1Cc1cccs1. The second kappa shape index (κ2) is 4.97. The maximum absolute atomic E-state index is 12.1. The summed E-state index contributed by atoms with van der Waals surface area (Å²) in [5.74, 6) is 0.130. The smallest absolute Gasteiger partial charge is 0.274 e. The molecule has 18 heavy (non-hydrogen) atoms. The number of aromatic nitrogens is 3. The standard InChI is InChI=1S/C10H10F3N3OS/c11-10(12,13)4-3-8-14-15-9(17)16(8)6-7-2-1-5-18-7/h1-2,5H,3-4,6H2,(H,15,17). The Morgan fingerprint density at radius 2 is 2.22 bits per heavy atom. The molecule has 0 aromatic carbocycles. The van der Waals surface area contributed by atoms with Gasteiger partial charge >= 0.3 is 11.9 Å². The molecule has 2 heterocycles. The minimum atomic E-state index is -4.25. The van der Waals surface area contributed by atoms with E-state index in [1.165, 1.54) is 15.9 Å². The Hall–Kier alpha value is -1.57. The van der Waals surface area contributed by atoms with Gasteiger partial charge in [0.25, 0.3) is 0 Å². The molecule has 0 spiro atoms. The molecule has 4 nitrogen and oxygen atoms in total. The Labute approximate surface area is 104 Å². The highest BCUT2D eigenvalue weighted by molar-refractivity contribution is 7.09. The number of rotatable bonds is 4. The molecule has 0 amide bonds. The predicted octanol–water partition coefficient (Wildman–Crippen LogP) is 2.18. The van der Waals surface area contributed by atoms with Crippen LogP contribution in [0, 0.1) is 0 Å². The van der Waals surface area contributed by atoms with E-state index in [1.807, 2.05) is 17.5 Å². The lowest BCUT2D eigenvalue weighted by Gasteiger charge is -2.06. The van der Waals surface area contributed by atoms with Crippen molar-refractivity contribution in [2.75, 3.05) is 0 Å². The molecule has 0 aliphatic rings. The van der Waals surface area contributed by atoms with Crippen LogP contribution in [0.2, 0.25) is 0 Å². The van der Waals surface area contributed by atoms with Gasteiger partial charge in [-0.1, -0.05) is 6.07 Å². The fourth-order valence-corrected chi connectivity index (χ4v) is 2.21. The molecule has 0 saturated heterocycles. The Kier molecular flexibility index (Phi) is 3.55. The molecular formula is C10H10F3N3OS. The van der Waals surface area contributed by atoms with Crippen molar-refractivity contribution >= 4 is 11.3 Å². The van der Waals surface area contributed by atoms with Crippen LogP contribution in [0.5, 0.6) is 0 Å². The zero-order chi connectivity index (χ0) is 13.2. The quantitative estimate of drug-likeness (QED) is 0.931. The number of aryl methyl sites for hydroxylation is 1. The Balaban J connectivity index is 2.14. The summed E-state index contributed by atoms with van der Waals surface area (Å²) in [4.78, 5) is 12.4. The predicted molar refractivity (Wildman–Crippen MR) is 60.6 cm³/mol. The van der Waals surface area contributed by atoms with Gasteiger partial charge in [0.1, 0.15) is 5.82 Å². The summed E-state index contributed by atoms with van der Waals surface area (Å²) in [6, 6.07) is 3.64. The van der Waals surface area contributed by atoms with E-state index in [0.29, 0.717) is 0 Å². The number of aromatic amines is 1. The molecule has 0 unspecified atom stereocenters. The summed E-state index contributed by atoms with van der Waals surface area (Å²) in [5.41, 5.74) is -0.486. The third-order valence-corrected chi connectivity index (χ3v) is 3.22. The van der Waals surface area contributed by atoms with E-state index in [1.54, 1.807) is 0 Å². The van der Waals surface area contributed by atoms with E-state index < -0.39 is 18.3 Å². The van der Waals surface area contributed by atoms with Crippen LogP contribution >= 0.6 is 11.3 Å². The number of hydrogen-bond donors (Lipinski definition) is 1. The number of hydrogen-bond acceptors (Lipinski definition) is 3. The van der Waals surface area contributed by atoms with Gasteiger partial charge in [0.05, 0.1) is 13.0 Å². The van der Waals surface area contributed by atoms with Gasteiger partial charge in [0.2, 0.25) is 0 Å². The van der Waals surface area contributed by atoms with Crippen molar-refractivity contribution in [1.29, 1.82) is 0 Å². The van der Waals surface area contributed by atoms with Crippen molar-refractivity contribution in [2.45, 2.75) is 25.6 Å². The van der Waals surface area contributed by atoms with Crippen LogP contribution in [0.15, 0.2) is 22.3 Å². The Bertz CT molecular complexity index is 556. The highest BCUT2D eigenvalue weighted by Gasteiger charge is 2.27. The molecule has 2 rings (SSSR count). The fraction of sp³-hybridized carbons (Fsp3) is 0.400. The minimum absolute atomic E-state index is 0.130. The van der Waals surface area contributed by atoms with Crippen LogP contribution in [0.4, 0.5) is 13.2 Å². The van der Waals surface area contributed by atoms with E-state index >= 15 is 0 Å². The van der Waals surface area contributed by atoms with Gasteiger partial charge < -0.3 is 0 Å². The largest absolute Gasteiger partial charge is 0.389 e. The molecular weight excluding hydrogens is 267 g/mol. The Morgan fingerprint density at radius 3 is 2.83 bits per heavy atom. The summed E-state index contributed by atoms with van der Waals surface area (Å²) in [7, 11) is 0.